The fraction of sp³-hybridized carbons (Fsp3) is 0.0625. The zero-order valence-electron chi connectivity index (χ0n) is 12.6. The third kappa shape index (κ3) is 3.52. The number of ether oxygens (including phenoxy) is 1. The lowest BCUT2D eigenvalue weighted by Gasteiger charge is -2.10. The minimum absolute atomic E-state index is 0.00257. The lowest BCUT2D eigenvalue weighted by Crippen LogP contribution is -2.05. The van der Waals surface area contributed by atoms with Crippen molar-refractivity contribution in [2.24, 2.45) is 0 Å². The average Bonchev–Trinajstić information content (AvgIpc) is 2.56. The number of nitrogens with zero attached hydrogens (tertiary/aromatic N) is 3. The maximum absolute atomic E-state index is 13.6. The lowest BCUT2D eigenvalue weighted by molar-refractivity contribution is 0.415. The summed E-state index contributed by atoms with van der Waals surface area (Å²) in [5.41, 5.74) is 6.85. The summed E-state index contributed by atoms with van der Waals surface area (Å²) in [5, 5.41) is 3.61. The van der Waals surface area contributed by atoms with Crippen LogP contribution in [0.15, 0.2) is 42.5 Å². The molecule has 0 unspecified atom stereocenters. The molecule has 1 aromatic heterocycles. The maximum Gasteiger partial charge on any atom is 0.232 e. The molecule has 8 heteroatoms. The fourth-order valence-corrected chi connectivity index (χ4v) is 2.21. The van der Waals surface area contributed by atoms with E-state index < -0.39 is 5.82 Å². The van der Waals surface area contributed by atoms with Gasteiger partial charge in [-0.15, -0.1) is 0 Å². The summed E-state index contributed by atoms with van der Waals surface area (Å²) >= 11 is 5.85. The van der Waals surface area contributed by atoms with Crippen LogP contribution in [0.4, 0.5) is 22.0 Å². The van der Waals surface area contributed by atoms with Crippen LogP contribution in [0.3, 0.4) is 0 Å². The highest BCUT2D eigenvalue weighted by Crippen LogP contribution is 2.29. The van der Waals surface area contributed by atoms with Crippen molar-refractivity contribution >= 4 is 29.2 Å². The Morgan fingerprint density at radius 1 is 1.08 bits per heavy atom. The Bertz CT molecular complexity index is 873. The molecule has 122 valence electrons. The highest BCUT2D eigenvalue weighted by molar-refractivity contribution is 6.30. The number of halogens is 2. The molecule has 0 aliphatic carbocycles. The zero-order valence-corrected chi connectivity index (χ0v) is 13.4. The molecule has 0 atom stereocenters. The number of benzene rings is 2. The first-order valence-corrected chi connectivity index (χ1v) is 7.31. The van der Waals surface area contributed by atoms with Gasteiger partial charge >= 0.3 is 0 Å². The quantitative estimate of drug-likeness (QED) is 0.750. The van der Waals surface area contributed by atoms with Gasteiger partial charge in [0.05, 0.1) is 12.7 Å². The molecule has 0 fully saturated rings. The standard InChI is InChI=1S/C16H13ClFN5O/c1-24-13-7-4-10(18)8-12(13)14-21-15(19)23-16(22-14)20-11-5-2-9(17)3-6-11/h2-8H,1H3,(H3,19,20,21,22,23). The number of nitrogens with two attached hydrogens (primary N) is 1. The van der Waals surface area contributed by atoms with Crippen molar-refractivity contribution in [1.82, 2.24) is 15.0 Å². The van der Waals surface area contributed by atoms with Crippen molar-refractivity contribution in [1.29, 1.82) is 0 Å². The summed E-state index contributed by atoms with van der Waals surface area (Å²) in [4.78, 5) is 12.4. The first-order valence-electron chi connectivity index (χ1n) is 6.93. The Kier molecular flexibility index (Phi) is 4.43. The Balaban J connectivity index is 2.00. The van der Waals surface area contributed by atoms with E-state index in [9.17, 15) is 4.39 Å². The molecule has 2 aromatic carbocycles. The largest absolute Gasteiger partial charge is 0.496 e. The predicted octanol–water partition coefficient (Wildman–Crippen LogP) is 3.67. The van der Waals surface area contributed by atoms with Crippen molar-refractivity contribution < 1.29 is 9.13 Å². The van der Waals surface area contributed by atoms with Crippen LogP contribution < -0.4 is 15.8 Å². The number of methoxy groups -OCH3 is 1. The van der Waals surface area contributed by atoms with Crippen LogP contribution >= 0.6 is 11.6 Å². The van der Waals surface area contributed by atoms with E-state index >= 15 is 0 Å². The maximum atomic E-state index is 13.6. The summed E-state index contributed by atoms with van der Waals surface area (Å²) in [5.74, 6) is 0.431. The first-order chi connectivity index (χ1) is 11.5. The van der Waals surface area contributed by atoms with Crippen LogP contribution in [-0.2, 0) is 0 Å². The molecule has 6 nitrogen and oxygen atoms in total. The van der Waals surface area contributed by atoms with Crippen LogP contribution in [0.25, 0.3) is 11.4 Å². The number of rotatable bonds is 4. The monoisotopic (exact) mass is 345 g/mol. The molecule has 0 aliphatic rings. The smallest absolute Gasteiger partial charge is 0.232 e. The van der Waals surface area contributed by atoms with E-state index in [2.05, 4.69) is 20.3 Å². The second-order valence-corrected chi connectivity index (χ2v) is 5.25. The van der Waals surface area contributed by atoms with Gasteiger partial charge in [-0.2, -0.15) is 15.0 Å². The fourth-order valence-electron chi connectivity index (χ4n) is 2.09. The van der Waals surface area contributed by atoms with Gasteiger partial charge in [0.15, 0.2) is 5.82 Å². The van der Waals surface area contributed by atoms with Crippen molar-refractivity contribution in [3.8, 4) is 17.1 Å². The summed E-state index contributed by atoms with van der Waals surface area (Å²) in [6.07, 6.45) is 0. The molecule has 1 heterocycles. The lowest BCUT2D eigenvalue weighted by atomic mass is 10.2. The summed E-state index contributed by atoms with van der Waals surface area (Å²) < 4.78 is 18.8. The van der Waals surface area contributed by atoms with Crippen LogP contribution in [0.2, 0.25) is 5.02 Å². The van der Waals surface area contributed by atoms with Crippen LogP contribution in [0.5, 0.6) is 5.75 Å². The molecule has 3 N–H and O–H groups in total. The number of anilines is 3. The van der Waals surface area contributed by atoms with Crippen molar-refractivity contribution in [2.45, 2.75) is 0 Å². The SMILES string of the molecule is COc1ccc(F)cc1-c1nc(N)nc(Nc2ccc(Cl)cc2)n1. The Morgan fingerprint density at radius 2 is 1.83 bits per heavy atom. The van der Waals surface area contributed by atoms with Gasteiger partial charge in [0.2, 0.25) is 11.9 Å². The second-order valence-electron chi connectivity index (χ2n) is 4.82. The average molecular weight is 346 g/mol. The van der Waals surface area contributed by atoms with Gasteiger partial charge in [0, 0.05) is 10.7 Å². The highest BCUT2D eigenvalue weighted by atomic mass is 35.5. The number of hydrogen-bond donors (Lipinski definition) is 2. The van der Waals surface area contributed by atoms with Crippen molar-refractivity contribution in [3.05, 3.63) is 53.3 Å². The van der Waals surface area contributed by atoms with E-state index in [1.165, 1.54) is 25.3 Å². The van der Waals surface area contributed by atoms with E-state index in [1.54, 1.807) is 24.3 Å². The zero-order chi connectivity index (χ0) is 17.1. The molecular formula is C16H13ClFN5O. The van der Waals surface area contributed by atoms with Crippen LogP contribution in [0.1, 0.15) is 0 Å². The first kappa shape index (κ1) is 15.9. The van der Waals surface area contributed by atoms with E-state index in [-0.39, 0.29) is 17.7 Å². The molecule has 0 spiro atoms. The topological polar surface area (TPSA) is 86.0 Å². The normalized spacial score (nSPS) is 10.5. The van der Waals surface area contributed by atoms with Gasteiger partial charge < -0.3 is 15.8 Å². The molecule has 0 aliphatic heterocycles. The van der Waals surface area contributed by atoms with Gasteiger partial charge in [-0.25, -0.2) is 4.39 Å². The molecule has 0 radical (unpaired) electrons. The minimum atomic E-state index is -0.433. The van der Waals surface area contributed by atoms with Crippen molar-refractivity contribution in [3.63, 3.8) is 0 Å². The van der Waals surface area contributed by atoms with E-state index in [0.29, 0.717) is 16.3 Å². The van der Waals surface area contributed by atoms with Gasteiger partial charge in [-0.3, -0.25) is 0 Å². The molecule has 3 aromatic rings. The van der Waals surface area contributed by atoms with E-state index in [4.69, 9.17) is 22.1 Å². The third-order valence-corrected chi connectivity index (χ3v) is 3.41. The summed E-state index contributed by atoms with van der Waals surface area (Å²) in [7, 11) is 1.48. The molecule has 0 saturated carbocycles. The third-order valence-electron chi connectivity index (χ3n) is 3.16. The number of nitrogens with one attached hydrogen (secondary N) is 1. The summed E-state index contributed by atoms with van der Waals surface area (Å²) in [6.45, 7) is 0. The van der Waals surface area contributed by atoms with Crippen molar-refractivity contribution in [2.75, 3.05) is 18.2 Å². The number of nitrogen functional groups attached to an aromatic ring is 1. The van der Waals surface area contributed by atoms with Crippen LogP contribution in [0, 0.1) is 5.82 Å². The Hall–Kier alpha value is -2.93. The number of aromatic nitrogens is 3. The van der Waals surface area contributed by atoms with E-state index in [0.717, 1.165) is 5.69 Å². The van der Waals surface area contributed by atoms with E-state index in [1.807, 2.05) is 0 Å². The summed E-state index contributed by atoms with van der Waals surface area (Å²) in [6, 6.07) is 11.1. The Labute approximate surface area is 142 Å². The van der Waals surface area contributed by atoms with Gasteiger partial charge in [-0.1, -0.05) is 11.6 Å². The molecule has 3 rings (SSSR count). The highest BCUT2D eigenvalue weighted by Gasteiger charge is 2.13. The molecule has 0 bridgehead atoms. The Morgan fingerprint density at radius 3 is 2.54 bits per heavy atom. The van der Waals surface area contributed by atoms with Gasteiger partial charge in [-0.05, 0) is 42.5 Å². The van der Waals surface area contributed by atoms with Gasteiger partial charge in [0.1, 0.15) is 11.6 Å². The molecule has 24 heavy (non-hydrogen) atoms. The molecular weight excluding hydrogens is 333 g/mol. The van der Waals surface area contributed by atoms with Crippen LogP contribution in [-0.4, -0.2) is 22.1 Å². The second kappa shape index (κ2) is 6.67. The minimum Gasteiger partial charge on any atom is -0.496 e. The van der Waals surface area contributed by atoms with Gasteiger partial charge in [0.25, 0.3) is 0 Å². The predicted molar refractivity (Wildman–Crippen MR) is 90.9 cm³/mol. The molecule has 0 saturated heterocycles. The molecule has 0 amide bonds. The number of hydrogen-bond acceptors (Lipinski definition) is 6.